The number of hydrogen-bond donors (Lipinski definition) is 1. The molecule has 4 heterocycles. The lowest BCUT2D eigenvalue weighted by atomic mass is 10.1. The number of benzene rings is 1. The Morgan fingerprint density at radius 3 is 2.70 bits per heavy atom. The zero-order chi connectivity index (χ0) is 17.5. The smallest absolute Gasteiger partial charge is 0.137 e. The molecule has 5 rings (SSSR count). The Morgan fingerprint density at radius 1 is 0.963 bits per heavy atom. The molecule has 0 bridgehead atoms. The fraction of sp³-hybridized carbons (Fsp3) is 0.0476. The van der Waals surface area contributed by atoms with Crippen molar-refractivity contribution in [1.82, 2.24) is 14.4 Å². The van der Waals surface area contributed by atoms with E-state index in [0.717, 1.165) is 43.8 Å². The number of para-hydroxylation sites is 1. The molecule has 134 valence electrons. The van der Waals surface area contributed by atoms with Gasteiger partial charge in [-0.25, -0.2) is 4.98 Å². The Bertz CT molecular complexity index is 1240. The van der Waals surface area contributed by atoms with Crippen molar-refractivity contribution >= 4 is 40.3 Å². The molecule has 27 heavy (non-hydrogen) atoms. The van der Waals surface area contributed by atoms with Gasteiger partial charge in [-0.05, 0) is 46.8 Å². The van der Waals surface area contributed by atoms with E-state index in [4.69, 9.17) is 4.98 Å². The van der Waals surface area contributed by atoms with Gasteiger partial charge in [-0.1, -0.05) is 18.2 Å². The van der Waals surface area contributed by atoms with Gasteiger partial charge in [-0.15, -0.1) is 23.7 Å². The van der Waals surface area contributed by atoms with Crippen molar-refractivity contribution < 1.29 is 5.11 Å². The van der Waals surface area contributed by atoms with Gasteiger partial charge in [0.05, 0.1) is 17.8 Å². The number of halogens is 1. The average Bonchev–Trinajstić information content (AvgIpc) is 3.33. The van der Waals surface area contributed by atoms with Crippen LogP contribution in [-0.2, 0) is 6.61 Å². The summed E-state index contributed by atoms with van der Waals surface area (Å²) in [4.78, 5) is 10.2. The molecule has 0 fully saturated rings. The topological polar surface area (TPSA) is 50.4 Å². The van der Waals surface area contributed by atoms with Crippen molar-refractivity contribution in [1.29, 1.82) is 0 Å². The number of thiophene rings is 1. The summed E-state index contributed by atoms with van der Waals surface area (Å²) in [6.07, 6.45) is 5.98. The molecule has 5 aromatic rings. The Hall–Kier alpha value is -2.73. The molecular formula is C21H16ClN3OS. The number of hydrogen-bond acceptors (Lipinski definition) is 4. The molecule has 6 heteroatoms. The van der Waals surface area contributed by atoms with Gasteiger partial charge in [0.1, 0.15) is 5.65 Å². The summed E-state index contributed by atoms with van der Waals surface area (Å²) in [6.45, 7) is 0.0805. The van der Waals surface area contributed by atoms with Gasteiger partial charge in [0.25, 0.3) is 0 Å². The third-order valence-electron chi connectivity index (χ3n) is 4.48. The molecular weight excluding hydrogens is 378 g/mol. The second kappa shape index (κ2) is 7.12. The van der Waals surface area contributed by atoms with Crippen LogP contribution in [0.1, 0.15) is 4.88 Å². The zero-order valence-corrected chi connectivity index (χ0v) is 15.9. The van der Waals surface area contributed by atoms with Crippen molar-refractivity contribution in [2.24, 2.45) is 0 Å². The van der Waals surface area contributed by atoms with E-state index < -0.39 is 0 Å². The van der Waals surface area contributed by atoms with E-state index in [2.05, 4.69) is 34.8 Å². The van der Waals surface area contributed by atoms with Crippen LogP contribution in [0.15, 0.2) is 72.5 Å². The van der Waals surface area contributed by atoms with Gasteiger partial charge in [0, 0.05) is 34.4 Å². The zero-order valence-electron chi connectivity index (χ0n) is 14.2. The lowest BCUT2D eigenvalue weighted by molar-refractivity contribution is 0.285. The Labute approximate surface area is 166 Å². The number of pyridine rings is 2. The van der Waals surface area contributed by atoms with Gasteiger partial charge in [-0.2, -0.15) is 0 Å². The first-order chi connectivity index (χ1) is 12.8. The van der Waals surface area contributed by atoms with Gasteiger partial charge >= 0.3 is 0 Å². The monoisotopic (exact) mass is 393 g/mol. The van der Waals surface area contributed by atoms with Crippen molar-refractivity contribution in [2.75, 3.05) is 0 Å². The molecule has 0 amide bonds. The molecule has 0 saturated carbocycles. The highest BCUT2D eigenvalue weighted by atomic mass is 35.5. The van der Waals surface area contributed by atoms with E-state index in [9.17, 15) is 5.11 Å². The average molecular weight is 394 g/mol. The molecule has 1 aromatic carbocycles. The van der Waals surface area contributed by atoms with E-state index in [1.165, 1.54) is 0 Å². The largest absolute Gasteiger partial charge is 0.391 e. The van der Waals surface area contributed by atoms with E-state index in [1.807, 2.05) is 47.1 Å². The second-order valence-electron chi connectivity index (χ2n) is 6.19. The van der Waals surface area contributed by atoms with Crippen LogP contribution in [0, 0.1) is 0 Å². The van der Waals surface area contributed by atoms with E-state index >= 15 is 0 Å². The summed E-state index contributed by atoms with van der Waals surface area (Å²) in [5, 5.41) is 12.4. The predicted octanol–water partition coefficient (Wildman–Crippen LogP) is 5.19. The summed E-state index contributed by atoms with van der Waals surface area (Å²) in [6, 6.07) is 16.3. The third kappa shape index (κ3) is 3.21. The van der Waals surface area contributed by atoms with Crippen LogP contribution < -0.4 is 0 Å². The molecule has 0 radical (unpaired) electrons. The van der Waals surface area contributed by atoms with Crippen LogP contribution in [0.3, 0.4) is 0 Å². The molecule has 0 aliphatic heterocycles. The molecule has 4 aromatic heterocycles. The van der Waals surface area contributed by atoms with Crippen molar-refractivity contribution in [3.05, 3.63) is 77.4 Å². The summed E-state index contributed by atoms with van der Waals surface area (Å²) in [7, 11) is 0. The minimum atomic E-state index is 0. The molecule has 4 nitrogen and oxygen atoms in total. The maximum atomic E-state index is 9.26. The van der Waals surface area contributed by atoms with Gasteiger partial charge in [0.15, 0.2) is 0 Å². The quantitative estimate of drug-likeness (QED) is 0.458. The number of imidazole rings is 1. The molecule has 0 unspecified atom stereocenters. The Kier molecular flexibility index (Phi) is 4.66. The predicted molar refractivity (Wildman–Crippen MR) is 112 cm³/mol. The number of fused-ring (bicyclic) bond motifs is 2. The SMILES string of the molecule is Cl.OCc1cc(-c2ccc3nc(-c4cnc5ccccc5c4)cn3c2)cs1. The van der Waals surface area contributed by atoms with E-state index in [0.29, 0.717) is 0 Å². The lowest BCUT2D eigenvalue weighted by Crippen LogP contribution is -1.84. The molecule has 0 aliphatic carbocycles. The number of aliphatic hydroxyl groups excluding tert-OH is 1. The fourth-order valence-corrected chi connectivity index (χ4v) is 3.88. The summed E-state index contributed by atoms with van der Waals surface area (Å²) in [5.41, 5.74) is 6.01. The molecule has 0 aliphatic rings. The third-order valence-corrected chi connectivity index (χ3v) is 5.40. The molecule has 0 atom stereocenters. The highest BCUT2D eigenvalue weighted by molar-refractivity contribution is 7.10. The van der Waals surface area contributed by atoms with Crippen molar-refractivity contribution in [3.8, 4) is 22.4 Å². The number of aromatic nitrogens is 3. The summed E-state index contributed by atoms with van der Waals surface area (Å²) < 4.78 is 2.04. The van der Waals surface area contributed by atoms with Gasteiger partial charge in [-0.3, -0.25) is 4.98 Å². The van der Waals surface area contributed by atoms with Gasteiger partial charge in [0.2, 0.25) is 0 Å². The maximum absolute atomic E-state index is 9.26. The van der Waals surface area contributed by atoms with Crippen LogP contribution in [-0.4, -0.2) is 19.5 Å². The molecule has 0 spiro atoms. The lowest BCUT2D eigenvalue weighted by Gasteiger charge is -1.99. The highest BCUT2D eigenvalue weighted by Crippen LogP contribution is 2.28. The van der Waals surface area contributed by atoms with Crippen molar-refractivity contribution in [2.45, 2.75) is 6.61 Å². The summed E-state index contributed by atoms with van der Waals surface area (Å²) in [5.74, 6) is 0. The molecule has 0 saturated heterocycles. The van der Waals surface area contributed by atoms with Crippen molar-refractivity contribution in [3.63, 3.8) is 0 Å². The number of aliphatic hydroxyl groups is 1. The number of rotatable bonds is 3. The molecule has 1 N–H and O–H groups in total. The van der Waals surface area contributed by atoms with E-state index in [-0.39, 0.29) is 19.0 Å². The van der Waals surface area contributed by atoms with Crippen LogP contribution >= 0.6 is 23.7 Å². The van der Waals surface area contributed by atoms with Crippen LogP contribution in [0.2, 0.25) is 0 Å². The van der Waals surface area contributed by atoms with Crippen LogP contribution in [0.25, 0.3) is 38.9 Å². The first kappa shape index (κ1) is 17.7. The Morgan fingerprint density at radius 2 is 1.85 bits per heavy atom. The summed E-state index contributed by atoms with van der Waals surface area (Å²) >= 11 is 1.57. The minimum absolute atomic E-state index is 0. The fourth-order valence-electron chi connectivity index (χ4n) is 3.13. The standard InChI is InChI=1S/C21H15N3OS.ClH/c25-12-18-8-17(13-26-18)15-5-6-21-23-20(11-24(21)10-15)16-7-14-3-1-2-4-19(14)22-9-16;/h1-11,13,25H,12H2;1H. The van der Waals surface area contributed by atoms with Crippen LogP contribution in [0.4, 0.5) is 0 Å². The number of nitrogens with zero attached hydrogens (tertiary/aromatic N) is 3. The second-order valence-corrected chi connectivity index (χ2v) is 7.18. The van der Waals surface area contributed by atoms with E-state index in [1.54, 1.807) is 11.3 Å². The van der Waals surface area contributed by atoms with Gasteiger partial charge < -0.3 is 9.51 Å². The first-order valence-electron chi connectivity index (χ1n) is 8.33. The van der Waals surface area contributed by atoms with Crippen LogP contribution in [0.5, 0.6) is 0 Å². The Balaban J connectivity index is 0.00000180. The first-order valence-corrected chi connectivity index (χ1v) is 9.21. The highest BCUT2D eigenvalue weighted by Gasteiger charge is 2.08. The maximum Gasteiger partial charge on any atom is 0.137 e. The minimum Gasteiger partial charge on any atom is -0.391 e. The normalized spacial score (nSPS) is 11.0.